The van der Waals surface area contributed by atoms with Gasteiger partial charge in [0.05, 0.1) is 15.7 Å². The number of piperazine rings is 2. The van der Waals surface area contributed by atoms with E-state index in [0.29, 0.717) is 5.56 Å². The molecule has 2 heterocycles. The fourth-order valence-corrected chi connectivity index (χ4v) is 12.1. The van der Waals surface area contributed by atoms with E-state index >= 15 is 0 Å². The van der Waals surface area contributed by atoms with Crippen LogP contribution in [0.3, 0.4) is 0 Å². The van der Waals surface area contributed by atoms with Crippen molar-refractivity contribution in [1.29, 1.82) is 0 Å². The van der Waals surface area contributed by atoms with E-state index in [-0.39, 0.29) is 74.0 Å². The molecule has 9 rings (SSSR count). The van der Waals surface area contributed by atoms with Crippen molar-refractivity contribution in [1.82, 2.24) is 29.0 Å². The van der Waals surface area contributed by atoms with Gasteiger partial charge in [0.15, 0.2) is 0 Å². The summed E-state index contributed by atoms with van der Waals surface area (Å²) in [5.74, 6) is -1.86. The highest BCUT2D eigenvalue weighted by Gasteiger charge is 2.44. The highest BCUT2D eigenvalue weighted by atomic mass is 32.2. The SMILES string of the molecule is O=C(NCc1ccccc1)C1CN(C(=O)C(c2ccccc2)c2ccccc2)CCN1S(=O)(=O)c1ccccc1.O=C(NCc1ccccc1)C1CN(C(=O)c2ccccc2)CCN1S(=O)(=O)c1ccccc1. The number of nitrogens with zero attached hydrogens (tertiary/aromatic N) is 4. The molecule has 2 atom stereocenters. The molecule has 73 heavy (non-hydrogen) atoms. The summed E-state index contributed by atoms with van der Waals surface area (Å²) in [5.41, 5.74) is 3.97. The van der Waals surface area contributed by atoms with Crippen LogP contribution in [-0.4, -0.2) is 110 Å². The summed E-state index contributed by atoms with van der Waals surface area (Å²) >= 11 is 0. The molecule has 0 spiro atoms. The molecular weight excluding hydrogens is 961 g/mol. The number of sulfonamides is 2. The number of amides is 4. The molecule has 2 aliphatic rings. The van der Waals surface area contributed by atoms with Crippen molar-refractivity contribution in [3.63, 3.8) is 0 Å². The van der Waals surface area contributed by atoms with Crippen LogP contribution in [0.15, 0.2) is 222 Å². The number of carbonyl (C=O) groups excluding carboxylic acids is 4. The third kappa shape index (κ3) is 12.7. The van der Waals surface area contributed by atoms with Crippen LogP contribution in [0.2, 0.25) is 0 Å². The van der Waals surface area contributed by atoms with Crippen molar-refractivity contribution in [2.24, 2.45) is 0 Å². The van der Waals surface area contributed by atoms with E-state index < -0.39 is 49.9 Å². The standard InChI is InChI=1S/C32H31N3O4S.C25H25N3O4S/c36-31(33-23-25-13-5-1-6-14-25)29-24-34(21-22-35(29)40(38,39)28-19-11-4-12-20-28)32(37)30(26-15-7-2-8-16-26)27-17-9-3-10-18-27;29-24(26-18-20-10-4-1-5-11-20)23-19-27(25(30)21-12-6-2-7-13-21)16-17-28(23)33(31,32)22-14-8-3-9-15-22/h1-20,29-30H,21-24H2,(H,33,36);1-15,23H,16-19H2,(H,26,29). The Morgan fingerprint density at radius 3 is 1.15 bits per heavy atom. The number of nitrogens with one attached hydrogen (secondary N) is 2. The number of rotatable bonds is 14. The van der Waals surface area contributed by atoms with Crippen LogP contribution in [0.5, 0.6) is 0 Å². The quantitative estimate of drug-likeness (QED) is 0.123. The second kappa shape index (κ2) is 24.1. The first-order chi connectivity index (χ1) is 35.4. The third-order valence-corrected chi connectivity index (χ3v) is 16.6. The Balaban J connectivity index is 0.000000199. The maximum absolute atomic E-state index is 14.1. The lowest BCUT2D eigenvalue weighted by atomic mass is 9.89. The molecule has 7 aromatic rings. The van der Waals surface area contributed by atoms with Crippen LogP contribution in [-0.2, 0) is 47.5 Å². The smallest absolute Gasteiger partial charge is 0.253 e. The van der Waals surface area contributed by atoms with Crippen LogP contribution in [0, 0.1) is 0 Å². The Hall–Kier alpha value is -7.76. The zero-order valence-corrected chi connectivity index (χ0v) is 41.6. The minimum Gasteiger partial charge on any atom is -0.351 e. The first kappa shape index (κ1) is 51.6. The molecule has 2 fully saturated rings. The van der Waals surface area contributed by atoms with Gasteiger partial charge in [0.25, 0.3) is 5.91 Å². The molecule has 16 heteroatoms. The van der Waals surface area contributed by atoms with Crippen molar-refractivity contribution in [3.05, 3.63) is 240 Å². The molecule has 2 N–H and O–H groups in total. The summed E-state index contributed by atoms with van der Waals surface area (Å²) in [6.45, 7) is 0.831. The maximum atomic E-state index is 14.1. The lowest BCUT2D eigenvalue weighted by Crippen LogP contribution is -2.61. The molecule has 0 bridgehead atoms. The van der Waals surface area contributed by atoms with Crippen LogP contribution in [0.1, 0.15) is 38.5 Å². The summed E-state index contributed by atoms with van der Waals surface area (Å²) < 4.78 is 56.5. The zero-order valence-electron chi connectivity index (χ0n) is 40.0. The largest absolute Gasteiger partial charge is 0.351 e. The number of benzene rings is 7. The lowest BCUT2D eigenvalue weighted by molar-refractivity contribution is -0.136. The van der Waals surface area contributed by atoms with Gasteiger partial charge in [-0.15, -0.1) is 0 Å². The van der Waals surface area contributed by atoms with Crippen LogP contribution in [0.25, 0.3) is 0 Å². The van der Waals surface area contributed by atoms with Crippen LogP contribution >= 0.6 is 0 Å². The summed E-state index contributed by atoms with van der Waals surface area (Å²) in [6.07, 6.45) is 0. The molecule has 2 saturated heterocycles. The van der Waals surface area contributed by atoms with Crippen molar-refractivity contribution in [3.8, 4) is 0 Å². The molecule has 0 saturated carbocycles. The number of hydrogen-bond acceptors (Lipinski definition) is 8. The van der Waals surface area contributed by atoms with Gasteiger partial charge in [0.2, 0.25) is 37.8 Å². The van der Waals surface area contributed by atoms with Crippen molar-refractivity contribution < 1.29 is 36.0 Å². The van der Waals surface area contributed by atoms with E-state index in [0.717, 1.165) is 22.3 Å². The van der Waals surface area contributed by atoms with Gasteiger partial charge in [-0.3, -0.25) is 19.2 Å². The van der Waals surface area contributed by atoms with E-state index in [1.807, 2.05) is 127 Å². The van der Waals surface area contributed by atoms with E-state index in [4.69, 9.17) is 0 Å². The second-order valence-electron chi connectivity index (χ2n) is 17.5. The van der Waals surface area contributed by atoms with E-state index in [2.05, 4.69) is 10.6 Å². The zero-order chi connectivity index (χ0) is 51.2. The Bertz CT molecular complexity index is 3120. The van der Waals surface area contributed by atoms with Gasteiger partial charge in [0, 0.05) is 57.9 Å². The third-order valence-electron chi connectivity index (χ3n) is 12.7. The molecule has 2 aliphatic heterocycles. The fourth-order valence-electron chi connectivity index (χ4n) is 8.90. The van der Waals surface area contributed by atoms with Gasteiger partial charge in [0.1, 0.15) is 12.1 Å². The molecule has 4 amide bonds. The van der Waals surface area contributed by atoms with Gasteiger partial charge in [-0.25, -0.2) is 16.8 Å². The van der Waals surface area contributed by atoms with Gasteiger partial charge in [-0.2, -0.15) is 8.61 Å². The fraction of sp³-hybridized carbons (Fsp3) is 0.193. The molecule has 374 valence electrons. The van der Waals surface area contributed by atoms with Gasteiger partial charge < -0.3 is 20.4 Å². The van der Waals surface area contributed by atoms with Gasteiger partial charge in [-0.05, 0) is 58.7 Å². The molecule has 0 radical (unpaired) electrons. The number of hydrogen-bond donors (Lipinski definition) is 2. The predicted octanol–water partition coefficient (Wildman–Crippen LogP) is 6.55. The van der Waals surface area contributed by atoms with E-state index in [9.17, 15) is 36.0 Å². The van der Waals surface area contributed by atoms with Crippen molar-refractivity contribution >= 4 is 43.7 Å². The Labute approximate surface area is 427 Å². The minimum atomic E-state index is -3.98. The minimum absolute atomic E-state index is 0.00267. The van der Waals surface area contributed by atoms with Crippen molar-refractivity contribution in [2.75, 3.05) is 39.3 Å². The van der Waals surface area contributed by atoms with Gasteiger partial charge >= 0.3 is 0 Å². The summed E-state index contributed by atoms with van der Waals surface area (Å²) in [6, 6.07) is 60.6. The summed E-state index contributed by atoms with van der Waals surface area (Å²) in [5, 5.41) is 5.73. The monoisotopic (exact) mass is 1020 g/mol. The van der Waals surface area contributed by atoms with Crippen LogP contribution in [0.4, 0.5) is 0 Å². The summed E-state index contributed by atoms with van der Waals surface area (Å²) in [4.78, 5) is 57.3. The average molecular weight is 1020 g/mol. The summed E-state index contributed by atoms with van der Waals surface area (Å²) in [7, 11) is -7.90. The molecular formula is C57H56N6O8S2. The Kier molecular flexibility index (Phi) is 17.0. The Morgan fingerprint density at radius 1 is 0.425 bits per heavy atom. The lowest BCUT2D eigenvalue weighted by Gasteiger charge is -2.40. The van der Waals surface area contributed by atoms with Crippen molar-refractivity contribution in [2.45, 2.75) is 40.9 Å². The predicted molar refractivity (Wildman–Crippen MR) is 278 cm³/mol. The van der Waals surface area contributed by atoms with Gasteiger partial charge in [-0.1, -0.05) is 176 Å². The average Bonchev–Trinajstić information content (AvgIpc) is 3.45. The molecule has 0 aromatic heterocycles. The molecule has 2 unspecified atom stereocenters. The van der Waals surface area contributed by atoms with E-state index in [1.165, 1.54) is 32.9 Å². The topological polar surface area (TPSA) is 174 Å². The molecule has 0 aliphatic carbocycles. The number of carbonyl (C=O) groups is 4. The first-order valence-corrected chi connectivity index (χ1v) is 26.8. The maximum Gasteiger partial charge on any atom is 0.253 e. The Morgan fingerprint density at radius 2 is 0.753 bits per heavy atom. The first-order valence-electron chi connectivity index (χ1n) is 23.9. The highest BCUT2D eigenvalue weighted by Crippen LogP contribution is 2.30. The second-order valence-corrected chi connectivity index (χ2v) is 21.2. The molecule has 7 aromatic carbocycles. The normalized spacial score (nSPS) is 16.4. The molecule has 14 nitrogen and oxygen atoms in total. The highest BCUT2D eigenvalue weighted by molar-refractivity contribution is 7.89. The van der Waals surface area contributed by atoms with Crippen LogP contribution < -0.4 is 10.6 Å². The van der Waals surface area contributed by atoms with E-state index in [1.54, 1.807) is 70.5 Å².